The molecule has 0 saturated carbocycles. The number of nitrogens with zero attached hydrogens (tertiary/aromatic N) is 4. The molecule has 29 heavy (non-hydrogen) atoms. The van der Waals surface area contributed by atoms with Crippen LogP contribution in [0.2, 0.25) is 0 Å². The molecule has 0 aliphatic carbocycles. The molecule has 0 atom stereocenters. The fourth-order valence-electron chi connectivity index (χ4n) is 2.67. The van der Waals surface area contributed by atoms with Crippen molar-refractivity contribution in [2.24, 2.45) is 10.7 Å². The summed E-state index contributed by atoms with van der Waals surface area (Å²) in [6.07, 6.45) is 4.67. The van der Waals surface area contributed by atoms with Crippen LogP contribution in [0.1, 0.15) is 43.4 Å². The van der Waals surface area contributed by atoms with Crippen molar-refractivity contribution in [1.82, 2.24) is 15.1 Å². The molecule has 0 amide bonds. The molecule has 3 rings (SSSR count). The van der Waals surface area contributed by atoms with Crippen LogP contribution in [0, 0.1) is 5.82 Å². The van der Waals surface area contributed by atoms with E-state index in [4.69, 9.17) is 16.0 Å². The van der Waals surface area contributed by atoms with E-state index in [-0.39, 0.29) is 29.3 Å². The van der Waals surface area contributed by atoms with Gasteiger partial charge >= 0.3 is 0 Å². The van der Waals surface area contributed by atoms with Crippen molar-refractivity contribution in [3.63, 3.8) is 0 Å². The molecular formula is C21H23FN6O. The largest absolute Gasteiger partial charge is 0.396 e. The van der Waals surface area contributed by atoms with Crippen molar-refractivity contribution in [2.75, 3.05) is 5.73 Å². The lowest BCUT2D eigenvalue weighted by atomic mass is 9.88. The van der Waals surface area contributed by atoms with Gasteiger partial charge in [0.25, 0.3) is 0 Å². The Hall–Kier alpha value is -3.55. The first-order valence-corrected chi connectivity index (χ1v) is 9.05. The Bertz CT molecular complexity index is 1050. The first kappa shape index (κ1) is 20.2. The van der Waals surface area contributed by atoms with Gasteiger partial charge in [0, 0.05) is 23.4 Å². The molecular weight excluding hydrogens is 371 g/mol. The fraction of sp³-hybridized carbons (Fsp3) is 0.238. The van der Waals surface area contributed by atoms with Crippen molar-refractivity contribution >= 4 is 17.2 Å². The van der Waals surface area contributed by atoms with Crippen LogP contribution < -0.4 is 11.5 Å². The molecule has 0 radical (unpaired) electrons. The molecule has 4 N–H and O–H groups in total. The molecule has 3 aromatic rings. The number of halogens is 1. The zero-order chi connectivity index (χ0) is 21.0. The highest BCUT2D eigenvalue weighted by molar-refractivity contribution is 6.10. The molecule has 2 heterocycles. The lowest BCUT2D eigenvalue weighted by Gasteiger charge is -2.20. The van der Waals surface area contributed by atoms with E-state index in [0.29, 0.717) is 22.8 Å². The van der Waals surface area contributed by atoms with Gasteiger partial charge in [-0.3, -0.25) is 4.99 Å². The molecule has 0 unspecified atom stereocenters. The van der Waals surface area contributed by atoms with Crippen molar-refractivity contribution in [3.05, 3.63) is 77.3 Å². The first-order chi connectivity index (χ1) is 13.8. The molecule has 150 valence electrons. The van der Waals surface area contributed by atoms with E-state index in [0.717, 1.165) is 5.56 Å². The van der Waals surface area contributed by atoms with E-state index in [1.54, 1.807) is 36.5 Å². The van der Waals surface area contributed by atoms with Gasteiger partial charge in [-0.1, -0.05) is 44.1 Å². The maximum absolute atomic E-state index is 13.9. The number of hydrogen-bond donors (Lipinski definition) is 2. The lowest BCUT2D eigenvalue weighted by Crippen LogP contribution is -2.17. The van der Waals surface area contributed by atoms with Gasteiger partial charge in [0.15, 0.2) is 5.82 Å². The number of rotatable bonds is 5. The first-order valence-electron chi connectivity index (χ1n) is 9.05. The Morgan fingerprint density at radius 1 is 1.24 bits per heavy atom. The second-order valence-corrected chi connectivity index (χ2v) is 7.52. The second-order valence-electron chi connectivity index (χ2n) is 7.52. The standard InChI is InChI=1S/C21H23FN6O/c1-21(2,3)14-12-26-20(27-19(14)24)16(23)10-18(17-8-9-29-28-17)25-11-13-6-4-5-7-15(13)22/h4-10,12H,11,23H2,1-3H3,(H2,24,26,27). The quantitative estimate of drug-likeness (QED) is 0.640. The Morgan fingerprint density at radius 3 is 2.62 bits per heavy atom. The van der Waals surface area contributed by atoms with Gasteiger partial charge in [0.1, 0.15) is 23.6 Å². The summed E-state index contributed by atoms with van der Waals surface area (Å²) in [5.74, 6) is 0.310. The molecule has 0 spiro atoms. The monoisotopic (exact) mass is 394 g/mol. The van der Waals surface area contributed by atoms with E-state index in [2.05, 4.69) is 20.1 Å². The molecule has 0 aliphatic heterocycles. The highest BCUT2D eigenvalue weighted by Gasteiger charge is 2.19. The van der Waals surface area contributed by atoms with Crippen LogP contribution in [0.15, 0.2) is 58.4 Å². The zero-order valence-electron chi connectivity index (χ0n) is 16.6. The third-order valence-electron chi connectivity index (χ3n) is 4.25. The maximum Gasteiger partial charge on any atom is 0.177 e. The highest BCUT2D eigenvalue weighted by Crippen LogP contribution is 2.26. The summed E-state index contributed by atoms with van der Waals surface area (Å²) in [6, 6.07) is 8.07. The molecule has 0 bridgehead atoms. The second kappa shape index (κ2) is 8.22. The van der Waals surface area contributed by atoms with Crippen LogP contribution in [0.3, 0.4) is 0 Å². The molecule has 0 fully saturated rings. The number of benzene rings is 1. The van der Waals surface area contributed by atoms with E-state index < -0.39 is 0 Å². The number of nitrogens with two attached hydrogens (primary N) is 2. The predicted octanol–water partition coefficient (Wildman–Crippen LogP) is 3.47. The molecule has 8 heteroatoms. The maximum atomic E-state index is 13.9. The van der Waals surface area contributed by atoms with Gasteiger partial charge in [-0.05, 0) is 17.6 Å². The summed E-state index contributed by atoms with van der Waals surface area (Å²) in [7, 11) is 0. The van der Waals surface area contributed by atoms with E-state index >= 15 is 0 Å². The molecule has 2 aromatic heterocycles. The normalized spacial score (nSPS) is 13.0. The van der Waals surface area contributed by atoms with Gasteiger partial charge < -0.3 is 16.0 Å². The third kappa shape index (κ3) is 4.84. The topological polar surface area (TPSA) is 116 Å². The third-order valence-corrected chi connectivity index (χ3v) is 4.25. The Labute approximate surface area is 168 Å². The number of aromatic nitrogens is 3. The number of nitrogen functional groups attached to an aromatic ring is 1. The molecule has 1 aromatic carbocycles. The minimum atomic E-state index is -0.332. The fourth-order valence-corrected chi connectivity index (χ4v) is 2.67. The van der Waals surface area contributed by atoms with Crippen LogP contribution in [-0.4, -0.2) is 20.8 Å². The number of hydrogen-bond acceptors (Lipinski definition) is 7. The van der Waals surface area contributed by atoms with Crippen LogP contribution >= 0.6 is 0 Å². The Balaban J connectivity index is 1.95. The zero-order valence-corrected chi connectivity index (χ0v) is 16.6. The van der Waals surface area contributed by atoms with Crippen molar-refractivity contribution < 1.29 is 8.91 Å². The summed E-state index contributed by atoms with van der Waals surface area (Å²) in [5, 5.41) is 3.90. The summed E-state index contributed by atoms with van der Waals surface area (Å²) >= 11 is 0. The SMILES string of the molecule is CC(C)(C)c1cnc(C(N)=CC(=NCc2ccccc2F)c2ccon2)nc1N. The van der Waals surface area contributed by atoms with Crippen LogP contribution in [0.25, 0.3) is 5.70 Å². The lowest BCUT2D eigenvalue weighted by molar-refractivity contribution is 0.418. The predicted molar refractivity (Wildman–Crippen MR) is 110 cm³/mol. The van der Waals surface area contributed by atoms with Gasteiger partial charge in [-0.15, -0.1) is 0 Å². The van der Waals surface area contributed by atoms with E-state index in [1.165, 1.54) is 12.3 Å². The number of allylic oxidation sites excluding steroid dienone is 1. The van der Waals surface area contributed by atoms with Crippen LogP contribution in [0.4, 0.5) is 10.2 Å². The minimum absolute atomic E-state index is 0.116. The average molecular weight is 394 g/mol. The van der Waals surface area contributed by atoms with Crippen molar-refractivity contribution in [2.45, 2.75) is 32.7 Å². The minimum Gasteiger partial charge on any atom is -0.396 e. The highest BCUT2D eigenvalue weighted by atomic mass is 19.1. The van der Waals surface area contributed by atoms with Crippen molar-refractivity contribution in [3.8, 4) is 0 Å². The average Bonchev–Trinajstić information content (AvgIpc) is 3.19. The molecule has 0 saturated heterocycles. The number of anilines is 1. The van der Waals surface area contributed by atoms with Gasteiger partial charge in [0.2, 0.25) is 0 Å². The molecule has 7 nitrogen and oxygen atoms in total. The summed E-state index contributed by atoms with van der Waals surface area (Å²) in [5.41, 5.74) is 14.5. The summed E-state index contributed by atoms with van der Waals surface area (Å²) < 4.78 is 18.8. The Morgan fingerprint density at radius 2 is 2.00 bits per heavy atom. The summed E-state index contributed by atoms with van der Waals surface area (Å²) in [4.78, 5) is 13.1. The van der Waals surface area contributed by atoms with Crippen LogP contribution in [-0.2, 0) is 12.0 Å². The molecule has 0 aliphatic rings. The van der Waals surface area contributed by atoms with Gasteiger partial charge in [-0.2, -0.15) is 0 Å². The van der Waals surface area contributed by atoms with Crippen LogP contribution in [0.5, 0.6) is 0 Å². The van der Waals surface area contributed by atoms with Crippen molar-refractivity contribution in [1.29, 1.82) is 0 Å². The van der Waals surface area contributed by atoms with E-state index in [1.807, 2.05) is 20.8 Å². The smallest absolute Gasteiger partial charge is 0.177 e. The van der Waals surface area contributed by atoms with Gasteiger partial charge in [-0.25, -0.2) is 14.4 Å². The number of aliphatic imine (C=N–C) groups is 1. The Kier molecular flexibility index (Phi) is 5.72. The van der Waals surface area contributed by atoms with Gasteiger partial charge in [0.05, 0.1) is 18.0 Å². The summed E-state index contributed by atoms with van der Waals surface area (Å²) in [6.45, 7) is 6.20. The van der Waals surface area contributed by atoms with E-state index in [9.17, 15) is 4.39 Å².